The molecule has 4 atom stereocenters. The molecule has 0 radical (unpaired) electrons. The Balaban J connectivity index is 1.52. The maximum absolute atomic E-state index is 12.3. The van der Waals surface area contributed by atoms with Crippen molar-refractivity contribution in [2.24, 2.45) is 23.7 Å². The van der Waals surface area contributed by atoms with Crippen LogP contribution in [0.25, 0.3) is 0 Å². The van der Waals surface area contributed by atoms with Gasteiger partial charge in [-0.1, -0.05) is 11.6 Å². The van der Waals surface area contributed by atoms with Gasteiger partial charge in [0.15, 0.2) is 0 Å². The minimum atomic E-state index is -4.73. The molecule has 3 unspecified atom stereocenters. The summed E-state index contributed by atoms with van der Waals surface area (Å²) in [6.45, 7) is 0. The van der Waals surface area contributed by atoms with Crippen LogP contribution in [0.2, 0.25) is 0 Å². The molecule has 0 heterocycles. The Morgan fingerprint density at radius 3 is 2.62 bits per heavy atom. The first-order chi connectivity index (χ1) is 9.79. The Hall–Kier alpha value is -1.66. The van der Waals surface area contributed by atoms with Crippen molar-refractivity contribution < 1.29 is 22.9 Å². The first-order valence-corrected chi connectivity index (χ1v) is 6.95. The average Bonchev–Trinajstić information content (AvgIpc) is 3.26. The van der Waals surface area contributed by atoms with Gasteiger partial charge in [0.05, 0.1) is 10.8 Å². The number of halogens is 3. The number of alkyl halides is 3. The van der Waals surface area contributed by atoms with Crippen molar-refractivity contribution in [3.63, 3.8) is 0 Å². The van der Waals surface area contributed by atoms with E-state index in [1.807, 2.05) is 0 Å². The van der Waals surface area contributed by atoms with E-state index in [0.29, 0.717) is 19.3 Å². The standard InChI is InChI=1S/C14H14F3NO3/c15-14(16,17)13(19)10-5-8(10)2-1-7-3-4-12(18(20)21)11-6-9(7)11/h3-4,8-11H,1-2,5-6H2/t8-,9?,10?,11?/m0/s1. The van der Waals surface area contributed by atoms with E-state index in [1.54, 1.807) is 6.08 Å². The SMILES string of the molecule is O=C(C1C[C@@H]1CCC1=CC=C([N+](=O)[O-])C2CC12)C(F)(F)F. The van der Waals surface area contributed by atoms with Crippen LogP contribution in [0, 0.1) is 33.8 Å². The number of carbonyl (C=O) groups is 1. The molecule has 0 saturated heterocycles. The zero-order chi connectivity index (χ0) is 15.4. The van der Waals surface area contributed by atoms with Crippen molar-refractivity contribution in [3.05, 3.63) is 33.5 Å². The molecule has 0 amide bonds. The van der Waals surface area contributed by atoms with Gasteiger partial charge in [0.25, 0.3) is 0 Å². The molecule has 3 rings (SSSR count). The highest BCUT2D eigenvalue weighted by atomic mass is 19.4. The van der Waals surface area contributed by atoms with Crippen molar-refractivity contribution in [3.8, 4) is 0 Å². The number of nitrogens with zero attached hydrogens (tertiary/aromatic N) is 1. The van der Waals surface area contributed by atoms with Gasteiger partial charge >= 0.3 is 6.18 Å². The number of hydrogen-bond donors (Lipinski definition) is 0. The second kappa shape index (κ2) is 4.68. The molecule has 21 heavy (non-hydrogen) atoms. The lowest BCUT2D eigenvalue weighted by atomic mass is 9.96. The lowest BCUT2D eigenvalue weighted by Crippen LogP contribution is -2.25. The molecule has 0 N–H and O–H groups in total. The van der Waals surface area contributed by atoms with Gasteiger partial charge < -0.3 is 0 Å². The number of fused-ring (bicyclic) bond motifs is 1. The molecular formula is C14H14F3NO3. The summed E-state index contributed by atoms with van der Waals surface area (Å²) in [5.41, 5.74) is 1.32. The predicted molar refractivity (Wildman–Crippen MR) is 66.7 cm³/mol. The molecule has 4 nitrogen and oxygen atoms in total. The number of nitro groups is 1. The highest BCUT2D eigenvalue weighted by molar-refractivity contribution is 5.88. The third-order valence-corrected chi connectivity index (χ3v) is 4.67. The van der Waals surface area contributed by atoms with Gasteiger partial charge in [-0.2, -0.15) is 13.2 Å². The van der Waals surface area contributed by atoms with Gasteiger partial charge in [0, 0.05) is 12.0 Å². The Bertz CT molecular complexity index is 564. The minimum Gasteiger partial charge on any atom is -0.289 e. The monoisotopic (exact) mass is 301 g/mol. The summed E-state index contributed by atoms with van der Waals surface area (Å²) >= 11 is 0. The number of rotatable bonds is 5. The molecule has 0 aromatic rings. The van der Waals surface area contributed by atoms with Gasteiger partial charge in [0.1, 0.15) is 0 Å². The van der Waals surface area contributed by atoms with Gasteiger partial charge in [0.2, 0.25) is 11.5 Å². The highest BCUT2D eigenvalue weighted by Gasteiger charge is 2.54. The van der Waals surface area contributed by atoms with E-state index >= 15 is 0 Å². The summed E-state index contributed by atoms with van der Waals surface area (Å²) < 4.78 is 36.8. The molecule has 2 fully saturated rings. The second-order valence-electron chi connectivity index (χ2n) is 6.04. The van der Waals surface area contributed by atoms with Gasteiger partial charge in [-0.3, -0.25) is 14.9 Å². The van der Waals surface area contributed by atoms with Crippen LogP contribution in [-0.2, 0) is 4.79 Å². The van der Waals surface area contributed by atoms with E-state index < -0.39 is 17.9 Å². The first-order valence-electron chi connectivity index (χ1n) is 6.95. The third-order valence-electron chi connectivity index (χ3n) is 4.67. The Kier molecular flexibility index (Phi) is 3.18. The molecule has 0 spiro atoms. The Labute approximate surface area is 118 Å². The quantitative estimate of drug-likeness (QED) is 0.578. The summed E-state index contributed by atoms with van der Waals surface area (Å²) in [5.74, 6) is -2.49. The summed E-state index contributed by atoms with van der Waals surface area (Å²) in [4.78, 5) is 21.4. The van der Waals surface area contributed by atoms with Crippen LogP contribution in [0.5, 0.6) is 0 Å². The smallest absolute Gasteiger partial charge is 0.289 e. The molecule has 0 bridgehead atoms. The Morgan fingerprint density at radius 1 is 1.29 bits per heavy atom. The molecule has 2 saturated carbocycles. The maximum atomic E-state index is 12.3. The second-order valence-corrected chi connectivity index (χ2v) is 6.04. The van der Waals surface area contributed by atoms with Crippen LogP contribution < -0.4 is 0 Å². The fraction of sp³-hybridized carbons (Fsp3) is 0.643. The number of carbonyl (C=O) groups excluding carboxylic acids is 1. The highest BCUT2D eigenvalue weighted by Crippen LogP contribution is 2.54. The van der Waals surface area contributed by atoms with Crippen molar-refractivity contribution >= 4 is 5.78 Å². The van der Waals surface area contributed by atoms with E-state index in [9.17, 15) is 28.1 Å². The van der Waals surface area contributed by atoms with Crippen molar-refractivity contribution in [1.82, 2.24) is 0 Å². The maximum Gasteiger partial charge on any atom is 0.450 e. The van der Waals surface area contributed by atoms with E-state index in [4.69, 9.17) is 0 Å². The van der Waals surface area contributed by atoms with E-state index in [1.165, 1.54) is 6.08 Å². The molecule has 3 aliphatic carbocycles. The predicted octanol–water partition coefficient (Wildman–Crippen LogP) is 3.27. The van der Waals surface area contributed by atoms with Crippen LogP contribution in [-0.4, -0.2) is 16.9 Å². The van der Waals surface area contributed by atoms with Crippen LogP contribution in [0.1, 0.15) is 25.7 Å². The largest absolute Gasteiger partial charge is 0.450 e. The zero-order valence-electron chi connectivity index (χ0n) is 11.1. The van der Waals surface area contributed by atoms with Crippen LogP contribution in [0.3, 0.4) is 0 Å². The number of ketones is 1. The first kappa shape index (κ1) is 14.3. The van der Waals surface area contributed by atoms with E-state index in [-0.39, 0.29) is 28.4 Å². The van der Waals surface area contributed by atoms with Crippen molar-refractivity contribution in [2.75, 3.05) is 0 Å². The summed E-state index contributed by atoms with van der Waals surface area (Å²) in [7, 11) is 0. The van der Waals surface area contributed by atoms with E-state index in [2.05, 4.69) is 0 Å². The fourth-order valence-corrected chi connectivity index (χ4v) is 3.29. The average molecular weight is 301 g/mol. The molecule has 114 valence electrons. The summed E-state index contributed by atoms with van der Waals surface area (Å²) in [6, 6.07) is 0. The molecule has 0 aliphatic heterocycles. The van der Waals surface area contributed by atoms with E-state index in [0.717, 1.165) is 12.0 Å². The van der Waals surface area contributed by atoms with Gasteiger partial charge in [-0.15, -0.1) is 0 Å². The lowest BCUT2D eigenvalue weighted by Gasteiger charge is -2.09. The summed E-state index contributed by atoms with van der Waals surface area (Å²) in [6.07, 6.45) is 0.778. The molecule has 0 aromatic heterocycles. The molecule has 7 heteroatoms. The van der Waals surface area contributed by atoms with Crippen molar-refractivity contribution in [1.29, 1.82) is 0 Å². The number of hydrogen-bond acceptors (Lipinski definition) is 3. The topological polar surface area (TPSA) is 60.2 Å². The van der Waals surface area contributed by atoms with Gasteiger partial charge in [-0.25, -0.2) is 0 Å². The number of allylic oxidation sites excluding steroid dienone is 4. The lowest BCUT2D eigenvalue weighted by molar-refractivity contribution is -0.430. The molecule has 0 aromatic carbocycles. The number of Topliss-reactive ketones (excluding diaryl/α,β-unsaturated/α-hetero) is 1. The summed E-state index contributed by atoms with van der Waals surface area (Å²) in [5, 5.41) is 10.8. The van der Waals surface area contributed by atoms with Crippen LogP contribution in [0.15, 0.2) is 23.4 Å². The van der Waals surface area contributed by atoms with Crippen molar-refractivity contribution in [2.45, 2.75) is 31.9 Å². The zero-order valence-corrected chi connectivity index (χ0v) is 11.1. The Morgan fingerprint density at radius 2 is 2.00 bits per heavy atom. The molecular weight excluding hydrogens is 287 g/mol. The minimum absolute atomic E-state index is 0.0215. The van der Waals surface area contributed by atoms with Crippen LogP contribution in [0.4, 0.5) is 13.2 Å². The third kappa shape index (κ3) is 2.73. The molecule has 3 aliphatic rings. The van der Waals surface area contributed by atoms with Gasteiger partial charge in [-0.05, 0) is 37.5 Å². The fourth-order valence-electron chi connectivity index (χ4n) is 3.29. The normalized spacial score (nSPS) is 33.7. The van der Waals surface area contributed by atoms with Crippen LogP contribution >= 0.6 is 0 Å².